The van der Waals surface area contributed by atoms with Gasteiger partial charge in [-0.05, 0) is 0 Å². The number of hydrogen-bond donors (Lipinski definition) is 4. The number of phosphoric acid groups is 2. The smallest absolute Gasteiger partial charge is 0.756 e. The maximum atomic E-state index is 8.77. The predicted octanol–water partition coefficient (Wildman–Crippen LogP) is -6.12. The van der Waals surface area contributed by atoms with Crippen molar-refractivity contribution in [3.63, 3.8) is 0 Å². The third kappa shape index (κ3) is 326. The summed E-state index contributed by atoms with van der Waals surface area (Å²) in [6, 6.07) is 0. The first-order valence-corrected chi connectivity index (χ1v) is 4.59. The molecule has 1 radical (unpaired) electrons. The predicted molar refractivity (Wildman–Crippen MR) is 24.1 cm³/mol. The van der Waals surface area contributed by atoms with Crippen molar-refractivity contribution in [2.24, 2.45) is 0 Å². The first kappa shape index (κ1) is 23.8. The third-order valence-corrected chi connectivity index (χ3v) is 0. The molecule has 0 saturated carbocycles. The van der Waals surface area contributed by atoms with E-state index in [4.69, 9.17) is 38.5 Å². The molecule has 0 unspecified atom stereocenters. The summed E-state index contributed by atoms with van der Waals surface area (Å²) in [6.07, 6.45) is 0. The van der Waals surface area contributed by atoms with Crippen LogP contribution in [0, 0.1) is 0 Å². The van der Waals surface area contributed by atoms with Gasteiger partial charge in [-0.3, -0.25) is 9.13 Å². The Hall–Kier alpha value is 2.16. The van der Waals surface area contributed by atoms with Crippen LogP contribution in [0.15, 0.2) is 0 Å². The van der Waals surface area contributed by atoms with E-state index >= 15 is 0 Å². The van der Waals surface area contributed by atoms with E-state index in [1.165, 1.54) is 0 Å². The molecule has 12 heteroatoms. The summed E-state index contributed by atoms with van der Waals surface area (Å²) in [7, 11) is -9.78. The molecular weight excluding hydrogens is 414 g/mol. The fraction of sp³-hybridized carbons (Fsp3) is 0. The second kappa shape index (κ2) is 9.70. The average Bonchev–Trinajstić information content (AvgIpc) is 1.12. The minimum Gasteiger partial charge on any atom is -0.756 e. The summed E-state index contributed by atoms with van der Waals surface area (Å²) in [5.41, 5.74) is 0. The van der Waals surface area contributed by atoms with Gasteiger partial charge in [-0.1, -0.05) is 0 Å². The molecule has 0 heterocycles. The van der Waals surface area contributed by atoms with Crippen LogP contribution in [0.2, 0.25) is 0 Å². The van der Waals surface area contributed by atoms with E-state index in [0.717, 1.165) is 0 Å². The molecule has 12 heavy (non-hydrogen) atoms. The molecule has 0 amide bonds. The van der Waals surface area contributed by atoms with E-state index in [-0.39, 0.29) is 57.2 Å². The van der Waals surface area contributed by atoms with Gasteiger partial charge in [0, 0.05) is 0 Å². The Kier molecular flexibility index (Phi) is 19.2. The van der Waals surface area contributed by atoms with Gasteiger partial charge < -0.3 is 29.4 Å². The zero-order chi connectivity index (χ0) is 9.00. The number of rotatable bonds is 0. The van der Waals surface area contributed by atoms with Crippen LogP contribution in [0.3, 0.4) is 0 Å². The fourth-order valence-electron chi connectivity index (χ4n) is 0. The first-order valence-electron chi connectivity index (χ1n) is 1.53. The quantitative estimate of drug-likeness (QED) is 0.224. The second-order valence-electron chi connectivity index (χ2n) is 0.981. The van der Waals surface area contributed by atoms with Crippen molar-refractivity contribution >= 4 is 15.6 Å². The third-order valence-electron chi connectivity index (χ3n) is 0. The Morgan fingerprint density at radius 3 is 0.833 bits per heavy atom. The average molecular weight is 418 g/mol. The van der Waals surface area contributed by atoms with Gasteiger partial charge in [0.25, 0.3) is 15.6 Å². The molecule has 0 atom stereocenters. The van der Waals surface area contributed by atoms with E-state index in [0.29, 0.717) is 0 Å². The second-order valence-corrected chi connectivity index (χ2v) is 2.94. The van der Waals surface area contributed by atoms with E-state index in [2.05, 4.69) is 0 Å². The van der Waals surface area contributed by atoms with E-state index < -0.39 is 15.6 Å². The number of hydrogen-bond acceptors (Lipinski definition) is 4. The zero-order valence-electron chi connectivity index (χ0n) is 6.02. The van der Waals surface area contributed by atoms with Crippen molar-refractivity contribution in [3.05, 3.63) is 0 Å². The molecule has 0 aromatic carbocycles. The molecule has 0 aromatic heterocycles. The first-order chi connectivity index (χ1) is 4.00. The van der Waals surface area contributed by atoms with Gasteiger partial charge in [0.2, 0.25) is 0 Å². The largest absolute Gasteiger partial charge is 1.00 e. The molecule has 0 bridgehead atoms. The molecule has 0 rings (SSSR count). The maximum absolute atomic E-state index is 8.77. The summed E-state index contributed by atoms with van der Waals surface area (Å²) in [4.78, 5) is 45.8. The van der Waals surface area contributed by atoms with Crippen LogP contribution in [0.4, 0.5) is 0 Å². The summed E-state index contributed by atoms with van der Waals surface area (Å²) in [6.45, 7) is 0. The van der Waals surface area contributed by atoms with Crippen molar-refractivity contribution in [2.45, 2.75) is 0 Å². The molecule has 0 saturated heterocycles. The van der Waals surface area contributed by atoms with Gasteiger partial charge >= 0.3 is 57.2 Å². The molecule has 8 nitrogen and oxygen atoms in total. The van der Waals surface area contributed by atoms with Gasteiger partial charge in [-0.15, -0.1) is 0 Å². The monoisotopic (exact) mass is 419 g/mol. The van der Waals surface area contributed by atoms with Gasteiger partial charge in [0.15, 0.2) is 0 Å². The molecule has 0 aliphatic rings. The molecule has 0 aliphatic heterocycles. The zero-order valence-corrected chi connectivity index (χ0v) is 15.3. The Morgan fingerprint density at radius 1 is 0.833 bits per heavy atom. The minimum atomic E-state index is -4.89. The van der Waals surface area contributed by atoms with Crippen molar-refractivity contribution in [3.8, 4) is 0 Å². The Bertz CT molecular complexity index is 129. The molecule has 4 N–H and O–H groups in total. The van der Waals surface area contributed by atoms with Crippen LogP contribution >= 0.6 is 15.6 Å². The summed E-state index contributed by atoms with van der Waals surface area (Å²) in [5, 5.41) is 0. The minimum absolute atomic E-state index is 0. The van der Waals surface area contributed by atoms with Crippen LogP contribution in [-0.2, 0) is 36.8 Å². The summed E-state index contributed by atoms with van der Waals surface area (Å²) < 4.78 is 17.5. The van der Waals surface area contributed by atoms with Gasteiger partial charge in [0.05, 0.1) is 0 Å². The van der Waals surface area contributed by atoms with Gasteiger partial charge in [0.1, 0.15) is 0 Å². The van der Waals surface area contributed by atoms with Crippen LogP contribution in [0.25, 0.3) is 0 Å². The Balaban J connectivity index is -0.0000000457. The topological polar surface area (TPSA) is 161 Å². The normalized spacial score (nSPS) is 9.83. The Labute approximate surface area is 110 Å². The van der Waals surface area contributed by atoms with Crippen LogP contribution in [-0.4, -0.2) is 19.6 Å². The fourth-order valence-corrected chi connectivity index (χ4v) is 0. The SMILES string of the molecule is O=P([O-])(O)O.O=P([O-])(O)O.[Hg+].[Na+]. The van der Waals surface area contributed by atoms with Crippen LogP contribution in [0.5, 0.6) is 0 Å². The van der Waals surface area contributed by atoms with Crippen molar-refractivity contribution in [1.82, 2.24) is 0 Å². The van der Waals surface area contributed by atoms with Crippen molar-refractivity contribution in [2.75, 3.05) is 0 Å². The van der Waals surface area contributed by atoms with Crippen molar-refractivity contribution < 1.29 is 95.7 Å². The summed E-state index contributed by atoms with van der Waals surface area (Å²) in [5.74, 6) is 0. The molecule has 0 aromatic rings. The molecule has 0 aliphatic carbocycles. The van der Waals surface area contributed by atoms with E-state index in [9.17, 15) is 0 Å². The van der Waals surface area contributed by atoms with Crippen LogP contribution < -0.4 is 39.3 Å². The van der Waals surface area contributed by atoms with E-state index in [1.54, 1.807) is 0 Å². The molecular formula is H4HgNaO8P2. The molecule has 0 spiro atoms. The van der Waals surface area contributed by atoms with Gasteiger partial charge in [-0.25, -0.2) is 0 Å². The Morgan fingerprint density at radius 2 is 0.833 bits per heavy atom. The van der Waals surface area contributed by atoms with E-state index in [1.807, 2.05) is 0 Å². The van der Waals surface area contributed by atoms with Crippen molar-refractivity contribution in [1.29, 1.82) is 0 Å². The maximum Gasteiger partial charge on any atom is 1.00 e. The standard InChI is InChI=1S/Hg.Na.2H3O4P/c;;2*1-5(2,3)4/h;;2*(H3,1,2,3,4)/q2*+1;;/p-2. The molecule has 65 valence electrons. The van der Waals surface area contributed by atoms with Gasteiger partial charge in [-0.2, -0.15) is 0 Å². The summed E-state index contributed by atoms with van der Waals surface area (Å²) >= 11 is 0. The van der Waals surface area contributed by atoms with Crippen LogP contribution in [0.1, 0.15) is 0 Å². The molecule has 0 fully saturated rings.